The predicted octanol–water partition coefficient (Wildman–Crippen LogP) is 1.08. The van der Waals surface area contributed by atoms with E-state index in [9.17, 15) is 9.59 Å². The minimum atomic E-state index is -0.860. The fourth-order valence-corrected chi connectivity index (χ4v) is 1.55. The number of methoxy groups -OCH3 is 2. The lowest BCUT2D eigenvalue weighted by Crippen LogP contribution is -2.32. The van der Waals surface area contributed by atoms with Crippen molar-refractivity contribution in [2.45, 2.75) is 6.42 Å². The minimum absolute atomic E-state index is 0.171. The standard InChI is InChI=1S/C11H14O4/c1-14-10(12)9(11(13)15-2)8-6-4-3-5-7-8/h3-6,8-9H,7H2,1-2H3. The second-order valence-corrected chi connectivity index (χ2v) is 3.24. The molecule has 0 N–H and O–H groups in total. The maximum absolute atomic E-state index is 11.4. The molecule has 0 saturated heterocycles. The molecule has 1 aliphatic rings. The van der Waals surface area contributed by atoms with Crippen molar-refractivity contribution in [2.24, 2.45) is 11.8 Å². The summed E-state index contributed by atoms with van der Waals surface area (Å²) in [6, 6.07) is 0. The highest BCUT2D eigenvalue weighted by Gasteiger charge is 2.35. The Labute approximate surface area is 88.6 Å². The van der Waals surface area contributed by atoms with Gasteiger partial charge in [-0.25, -0.2) is 0 Å². The summed E-state index contributed by atoms with van der Waals surface area (Å²) in [5.41, 5.74) is 0. The Morgan fingerprint density at radius 2 is 1.80 bits per heavy atom. The predicted molar refractivity (Wildman–Crippen MR) is 53.9 cm³/mol. The summed E-state index contributed by atoms with van der Waals surface area (Å²) < 4.78 is 9.18. The zero-order valence-electron chi connectivity index (χ0n) is 8.80. The molecule has 0 amide bonds. The van der Waals surface area contributed by atoms with Gasteiger partial charge in [0.1, 0.15) is 0 Å². The molecule has 1 unspecified atom stereocenters. The third kappa shape index (κ3) is 2.68. The lowest BCUT2D eigenvalue weighted by atomic mass is 9.87. The number of carbonyl (C=O) groups is 2. The van der Waals surface area contributed by atoms with Crippen LogP contribution in [0.25, 0.3) is 0 Å². The van der Waals surface area contributed by atoms with Gasteiger partial charge in [-0.2, -0.15) is 0 Å². The SMILES string of the molecule is COC(=O)C(C(=O)OC)C1C=CC=CC1. The highest BCUT2D eigenvalue weighted by Crippen LogP contribution is 2.23. The molecule has 0 fully saturated rings. The molecule has 4 heteroatoms. The van der Waals surface area contributed by atoms with E-state index in [-0.39, 0.29) is 5.92 Å². The molecule has 0 aromatic carbocycles. The zero-order chi connectivity index (χ0) is 11.3. The van der Waals surface area contributed by atoms with Crippen LogP contribution in [0.5, 0.6) is 0 Å². The fraction of sp³-hybridized carbons (Fsp3) is 0.455. The summed E-state index contributed by atoms with van der Waals surface area (Å²) in [6.07, 6.45) is 8.06. The van der Waals surface area contributed by atoms with Crippen LogP contribution in [0.4, 0.5) is 0 Å². The monoisotopic (exact) mass is 210 g/mol. The lowest BCUT2D eigenvalue weighted by molar-refractivity contribution is -0.160. The number of esters is 2. The average Bonchev–Trinajstić information content (AvgIpc) is 2.30. The fourth-order valence-electron chi connectivity index (χ4n) is 1.55. The Bertz CT molecular complexity index is 288. The van der Waals surface area contributed by atoms with Crippen LogP contribution in [0.1, 0.15) is 6.42 Å². The van der Waals surface area contributed by atoms with Gasteiger partial charge in [-0.05, 0) is 6.42 Å². The molecule has 1 aliphatic carbocycles. The Balaban J connectivity index is 2.80. The van der Waals surface area contributed by atoms with Crippen LogP contribution in [0.15, 0.2) is 24.3 Å². The summed E-state index contributed by atoms with van der Waals surface area (Å²) in [6.45, 7) is 0. The Morgan fingerprint density at radius 3 is 2.20 bits per heavy atom. The molecule has 0 heterocycles. The van der Waals surface area contributed by atoms with Crippen LogP contribution in [0, 0.1) is 11.8 Å². The first kappa shape index (κ1) is 11.5. The van der Waals surface area contributed by atoms with Gasteiger partial charge in [0.2, 0.25) is 0 Å². The van der Waals surface area contributed by atoms with Crippen molar-refractivity contribution in [3.63, 3.8) is 0 Å². The summed E-state index contributed by atoms with van der Waals surface area (Å²) in [5.74, 6) is -2.13. The average molecular weight is 210 g/mol. The molecule has 0 bridgehead atoms. The highest BCUT2D eigenvalue weighted by molar-refractivity contribution is 5.95. The second-order valence-electron chi connectivity index (χ2n) is 3.24. The smallest absolute Gasteiger partial charge is 0.320 e. The van der Waals surface area contributed by atoms with Crippen molar-refractivity contribution >= 4 is 11.9 Å². The maximum Gasteiger partial charge on any atom is 0.320 e. The van der Waals surface area contributed by atoms with Crippen molar-refractivity contribution in [3.8, 4) is 0 Å². The van der Waals surface area contributed by atoms with Crippen molar-refractivity contribution in [1.29, 1.82) is 0 Å². The summed E-state index contributed by atoms with van der Waals surface area (Å²) in [7, 11) is 2.53. The van der Waals surface area contributed by atoms with Crippen LogP contribution in [0.2, 0.25) is 0 Å². The third-order valence-corrected chi connectivity index (χ3v) is 2.35. The molecular weight excluding hydrogens is 196 g/mol. The van der Waals surface area contributed by atoms with E-state index in [0.717, 1.165) is 0 Å². The molecule has 0 spiro atoms. The molecule has 1 atom stereocenters. The number of allylic oxidation sites excluding steroid dienone is 4. The number of carbonyl (C=O) groups excluding carboxylic acids is 2. The Morgan fingerprint density at radius 1 is 1.20 bits per heavy atom. The van der Waals surface area contributed by atoms with E-state index in [2.05, 4.69) is 9.47 Å². The quantitative estimate of drug-likeness (QED) is 0.516. The zero-order valence-corrected chi connectivity index (χ0v) is 8.80. The Hall–Kier alpha value is -1.58. The normalized spacial score (nSPS) is 19.0. The van der Waals surface area contributed by atoms with Gasteiger partial charge < -0.3 is 9.47 Å². The van der Waals surface area contributed by atoms with Gasteiger partial charge in [0.15, 0.2) is 5.92 Å². The van der Waals surface area contributed by atoms with Gasteiger partial charge in [-0.3, -0.25) is 9.59 Å². The van der Waals surface area contributed by atoms with Crippen molar-refractivity contribution < 1.29 is 19.1 Å². The van der Waals surface area contributed by atoms with E-state index >= 15 is 0 Å². The molecule has 82 valence electrons. The highest BCUT2D eigenvalue weighted by atomic mass is 16.5. The summed E-state index contributed by atoms with van der Waals surface area (Å²) >= 11 is 0. The van der Waals surface area contributed by atoms with Gasteiger partial charge in [-0.15, -0.1) is 0 Å². The van der Waals surface area contributed by atoms with Crippen molar-refractivity contribution in [2.75, 3.05) is 14.2 Å². The molecule has 0 radical (unpaired) electrons. The largest absolute Gasteiger partial charge is 0.468 e. The minimum Gasteiger partial charge on any atom is -0.468 e. The van der Waals surface area contributed by atoms with Crippen molar-refractivity contribution in [1.82, 2.24) is 0 Å². The van der Waals surface area contributed by atoms with Crippen LogP contribution in [0.3, 0.4) is 0 Å². The molecule has 4 nitrogen and oxygen atoms in total. The molecule has 1 rings (SSSR count). The van der Waals surface area contributed by atoms with Crippen LogP contribution >= 0.6 is 0 Å². The number of hydrogen-bond donors (Lipinski definition) is 0. The van der Waals surface area contributed by atoms with Crippen LogP contribution in [-0.2, 0) is 19.1 Å². The maximum atomic E-state index is 11.4. The second kappa shape index (κ2) is 5.34. The van der Waals surface area contributed by atoms with E-state index in [1.165, 1.54) is 14.2 Å². The topological polar surface area (TPSA) is 52.6 Å². The summed E-state index contributed by atoms with van der Waals surface area (Å²) in [4.78, 5) is 22.9. The van der Waals surface area contributed by atoms with Crippen LogP contribution in [-0.4, -0.2) is 26.2 Å². The lowest BCUT2D eigenvalue weighted by Gasteiger charge is -2.20. The molecule has 0 aromatic heterocycles. The van der Waals surface area contributed by atoms with Gasteiger partial charge in [0.05, 0.1) is 14.2 Å². The van der Waals surface area contributed by atoms with Gasteiger partial charge in [-0.1, -0.05) is 24.3 Å². The first-order valence-corrected chi connectivity index (χ1v) is 4.69. The van der Waals surface area contributed by atoms with Gasteiger partial charge in [0.25, 0.3) is 0 Å². The molecule has 15 heavy (non-hydrogen) atoms. The summed E-state index contributed by atoms with van der Waals surface area (Å²) in [5, 5.41) is 0. The van der Waals surface area contributed by atoms with E-state index in [1.54, 1.807) is 0 Å². The van der Waals surface area contributed by atoms with E-state index < -0.39 is 17.9 Å². The van der Waals surface area contributed by atoms with Gasteiger partial charge >= 0.3 is 11.9 Å². The first-order chi connectivity index (χ1) is 7.20. The van der Waals surface area contributed by atoms with E-state index in [1.807, 2.05) is 24.3 Å². The third-order valence-electron chi connectivity index (χ3n) is 2.35. The molecule has 0 aromatic rings. The molecule has 0 saturated carbocycles. The van der Waals surface area contributed by atoms with E-state index in [0.29, 0.717) is 6.42 Å². The number of ether oxygens (including phenoxy) is 2. The molecular formula is C11H14O4. The Kier molecular flexibility index (Phi) is 4.09. The number of hydrogen-bond acceptors (Lipinski definition) is 4. The van der Waals surface area contributed by atoms with Gasteiger partial charge in [0, 0.05) is 5.92 Å². The number of rotatable bonds is 3. The first-order valence-electron chi connectivity index (χ1n) is 4.69. The van der Waals surface area contributed by atoms with Crippen molar-refractivity contribution in [3.05, 3.63) is 24.3 Å². The van der Waals surface area contributed by atoms with Crippen LogP contribution < -0.4 is 0 Å². The van der Waals surface area contributed by atoms with E-state index in [4.69, 9.17) is 0 Å². The molecule has 0 aliphatic heterocycles.